The van der Waals surface area contributed by atoms with Gasteiger partial charge < -0.3 is 14.6 Å². The molecule has 1 amide bonds. The third-order valence-corrected chi connectivity index (χ3v) is 6.13. The van der Waals surface area contributed by atoms with E-state index in [-0.39, 0.29) is 18.6 Å². The number of nitrogens with one attached hydrogen (secondary N) is 1. The second kappa shape index (κ2) is 9.78. The lowest BCUT2D eigenvalue weighted by molar-refractivity contribution is -0.125. The summed E-state index contributed by atoms with van der Waals surface area (Å²) in [6.45, 7) is 1.43. The normalized spacial score (nSPS) is 15.2. The molecule has 0 radical (unpaired) electrons. The van der Waals surface area contributed by atoms with E-state index in [9.17, 15) is 9.59 Å². The number of thioether (sulfide) groups is 1. The summed E-state index contributed by atoms with van der Waals surface area (Å²) >= 11 is 1.40. The standard InChI is InChI=1S/C23H23N3O4S/c1-15-24-22(30-26-15)14-31-20-12-5-4-10-18(20)23(28)29-13-21(27)25-19-11-6-8-16-7-2-3-9-17(16)19/h2-5,7,9-10,12,19H,6,8,11,13-14H2,1H3,(H,25,27). The van der Waals surface area contributed by atoms with Gasteiger partial charge in [-0.25, -0.2) is 4.79 Å². The Hall–Kier alpha value is -3.13. The highest BCUT2D eigenvalue weighted by Gasteiger charge is 2.22. The average Bonchev–Trinajstić information content (AvgIpc) is 3.21. The van der Waals surface area contributed by atoms with Crippen LogP contribution in [0.4, 0.5) is 0 Å². The maximum atomic E-state index is 12.6. The molecule has 3 aromatic rings. The molecular weight excluding hydrogens is 414 g/mol. The van der Waals surface area contributed by atoms with Crippen molar-refractivity contribution in [3.8, 4) is 0 Å². The van der Waals surface area contributed by atoms with Crippen molar-refractivity contribution in [1.29, 1.82) is 0 Å². The molecule has 31 heavy (non-hydrogen) atoms. The molecule has 160 valence electrons. The van der Waals surface area contributed by atoms with E-state index in [0.29, 0.717) is 23.0 Å². The lowest BCUT2D eigenvalue weighted by atomic mass is 9.88. The number of benzene rings is 2. The monoisotopic (exact) mass is 437 g/mol. The van der Waals surface area contributed by atoms with Crippen LogP contribution in [0.15, 0.2) is 57.9 Å². The van der Waals surface area contributed by atoms with Crippen LogP contribution in [0.2, 0.25) is 0 Å². The Morgan fingerprint density at radius 1 is 1.19 bits per heavy atom. The number of nitrogens with zero attached hydrogens (tertiary/aromatic N) is 2. The number of hydrogen-bond acceptors (Lipinski definition) is 7. The molecule has 8 heteroatoms. The number of aromatic nitrogens is 2. The van der Waals surface area contributed by atoms with Gasteiger partial charge in [-0.2, -0.15) is 4.98 Å². The summed E-state index contributed by atoms with van der Waals surface area (Å²) in [5.41, 5.74) is 2.81. The van der Waals surface area contributed by atoms with Crippen molar-refractivity contribution in [3.05, 3.63) is 76.9 Å². The summed E-state index contributed by atoms with van der Waals surface area (Å²) in [7, 11) is 0. The fourth-order valence-electron chi connectivity index (χ4n) is 3.65. The number of carbonyl (C=O) groups is 2. The molecule has 1 atom stereocenters. The third kappa shape index (κ3) is 5.32. The van der Waals surface area contributed by atoms with Crippen molar-refractivity contribution < 1.29 is 18.8 Å². The van der Waals surface area contributed by atoms with Gasteiger partial charge >= 0.3 is 5.97 Å². The van der Waals surface area contributed by atoms with E-state index in [2.05, 4.69) is 21.5 Å². The van der Waals surface area contributed by atoms with Crippen LogP contribution in [-0.2, 0) is 21.7 Å². The Morgan fingerprint density at radius 2 is 2.00 bits per heavy atom. The molecule has 1 aromatic heterocycles. The fourth-order valence-corrected chi connectivity index (χ4v) is 4.53. The number of hydrogen-bond donors (Lipinski definition) is 1. The summed E-state index contributed by atoms with van der Waals surface area (Å²) < 4.78 is 10.4. The average molecular weight is 438 g/mol. The summed E-state index contributed by atoms with van der Waals surface area (Å²) in [6, 6.07) is 15.2. The van der Waals surface area contributed by atoms with Gasteiger partial charge in [0.2, 0.25) is 5.89 Å². The van der Waals surface area contributed by atoms with Gasteiger partial charge in [0.1, 0.15) is 0 Å². The minimum absolute atomic E-state index is 0.0446. The SMILES string of the molecule is Cc1noc(CSc2ccccc2C(=O)OCC(=O)NC2CCCc3ccccc32)n1. The molecule has 0 aliphatic heterocycles. The molecule has 0 fully saturated rings. The van der Waals surface area contributed by atoms with Crippen LogP contribution >= 0.6 is 11.8 Å². The summed E-state index contributed by atoms with van der Waals surface area (Å²) in [5.74, 6) is 0.644. The van der Waals surface area contributed by atoms with Gasteiger partial charge in [-0.15, -0.1) is 11.8 Å². The first-order chi connectivity index (χ1) is 15.1. The van der Waals surface area contributed by atoms with Crippen molar-refractivity contribution in [2.24, 2.45) is 0 Å². The first-order valence-electron chi connectivity index (χ1n) is 10.2. The number of ether oxygens (including phenoxy) is 1. The van der Waals surface area contributed by atoms with Crippen molar-refractivity contribution in [3.63, 3.8) is 0 Å². The lowest BCUT2D eigenvalue weighted by Crippen LogP contribution is -2.34. The van der Waals surface area contributed by atoms with Crippen LogP contribution in [0.25, 0.3) is 0 Å². The summed E-state index contributed by atoms with van der Waals surface area (Å²) in [5, 5.41) is 6.76. The molecule has 4 rings (SSSR count). The minimum atomic E-state index is -0.538. The molecule has 0 saturated carbocycles. The molecule has 2 aromatic carbocycles. The van der Waals surface area contributed by atoms with Crippen LogP contribution in [0, 0.1) is 6.92 Å². The molecule has 0 bridgehead atoms. The van der Waals surface area contributed by atoms with Crippen LogP contribution in [-0.4, -0.2) is 28.6 Å². The van der Waals surface area contributed by atoms with Crippen molar-refractivity contribution in [2.45, 2.75) is 42.9 Å². The molecule has 0 saturated heterocycles. The molecule has 1 aliphatic carbocycles. The Kier molecular flexibility index (Phi) is 6.66. The molecule has 1 heterocycles. The highest BCUT2D eigenvalue weighted by molar-refractivity contribution is 7.98. The van der Waals surface area contributed by atoms with Gasteiger partial charge in [0, 0.05) is 4.90 Å². The van der Waals surface area contributed by atoms with Gasteiger partial charge in [0.15, 0.2) is 12.4 Å². The molecular formula is C23H23N3O4S. The van der Waals surface area contributed by atoms with Crippen LogP contribution in [0.3, 0.4) is 0 Å². The van der Waals surface area contributed by atoms with Gasteiger partial charge in [-0.1, -0.05) is 41.6 Å². The van der Waals surface area contributed by atoms with E-state index in [1.807, 2.05) is 30.3 Å². The number of esters is 1. The Morgan fingerprint density at radius 3 is 2.84 bits per heavy atom. The maximum absolute atomic E-state index is 12.6. The van der Waals surface area contributed by atoms with Crippen LogP contribution < -0.4 is 5.32 Å². The topological polar surface area (TPSA) is 94.3 Å². The van der Waals surface area contributed by atoms with E-state index in [0.717, 1.165) is 29.7 Å². The minimum Gasteiger partial charge on any atom is -0.452 e. The molecule has 1 aliphatic rings. The van der Waals surface area contributed by atoms with E-state index in [1.54, 1.807) is 19.1 Å². The zero-order valence-corrected chi connectivity index (χ0v) is 18.0. The first kappa shape index (κ1) is 21.1. The van der Waals surface area contributed by atoms with Crippen LogP contribution in [0.5, 0.6) is 0 Å². The third-order valence-electron chi connectivity index (χ3n) is 5.07. The van der Waals surface area contributed by atoms with Crippen LogP contribution in [0.1, 0.15) is 52.1 Å². The Balaban J connectivity index is 1.33. The predicted molar refractivity (Wildman–Crippen MR) is 116 cm³/mol. The van der Waals surface area contributed by atoms with Gasteiger partial charge in [0.05, 0.1) is 17.4 Å². The summed E-state index contributed by atoms with van der Waals surface area (Å²) in [4.78, 5) is 29.9. The zero-order valence-electron chi connectivity index (χ0n) is 17.2. The second-order valence-electron chi connectivity index (χ2n) is 7.31. The van der Waals surface area contributed by atoms with Crippen molar-refractivity contribution in [2.75, 3.05) is 6.61 Å². The Bertz CT molecular complexity index is 1080. The molecule has 1 unspecified atom stereocenters. The number of carbonyl (C=O) groups excluding carboxylic acids is 2. The van der Waals surface area contributed by atoms with Crippen molar-refractivity contribution in [1.82, 2.24) is 15.5 Å². The number of amides is 1. The smallest absolute Gasteiger partial charge is 0.339 e. The van der Waals surface area contributed by atoms with E-state index >= 15 is 0 Å². The summed E-state index contributed by atoms with van der Waals surface area (Å²) in [6.07, 6.45) is 2.92. The number of aryl methyl sites for hydroxylation is 2. The molecule has 0 spiro atoms. The lowest BCUT2D eigenvalue weighted by Gasteiger charge is -2.26. The maximum Gasteiger partial charge on any atom is 0.339 e. The molecule has 7 nitrogen and oxygen atoms in total. The van der Waals surface area contributed by atoms with E-state index < -0.39 is 5.97 Å². The number of fused-ring (bicyclic) bond motifs is 1. The second-order valence-corrected chi connectivity index (χ2v) is 8.32. The van der Waals surface area contributed by atoms with E-state index in [4.69, 9.17) is 9.26 Å². The largest absolute Gasteiger partial charge is 0.452 e. The van der Waals surface area contributed by atoms with Gasteiger partial charge in [-0.3, -0.25) is 4.79 Å². The van der Waals surface area contributed by atoms with Gasteiger partial charge in [0.25, 0.3) is 5.91 Å². The fraction of sp³-hybridized carbons (Fsp3) is 0.304. The highest BCUT2D eigenvalue weighted by Crippen LogP contribution is 2.29. The highest BCUT2D eigenvalue weighted by atomic mass is 32.2. The molecule has 1 N–H and O–H groups in total. The predicted octanol–water partition coefficient (Wildman–Crippen LogP) is 4.02. The quantitative estimate of drug-likeness (QED) is 0.441. The van der Waals surface area contributed by atoms with Crippen molar-refractivity contribution >= 4 is 23.6 Å². The first-order valence-corrected chi connectivity index (χ1v) is 11.1. The number of rotatable bonds is 7. The zero-order chi connectivity index (χ0) is 21.6. The van der Waals surface area contributed by atoms with Gasteiger partial charge in [-0.05, 0) is 49.4 Å². The Labute approximate surface area is 184 Å². The van der Waals surface area contributed by atoms with E-state index in [1.165, 1.54) is 17.3 Å².